The number of rotatable bonds is 6. The summed E-state index contributed by atoms with van der Waals surface area (Å²) in [6.45, 7) is 11.5. The Morgan fingerprint density at radius 1 is 1.37 bits per heavy atom. The first kappa shape index (κ1) is 16.4. The Balaban J connectivity index is 2.30. The van der Waals surface area contributed by atoms with E-state index in [-0.39, 0.29) is 11.7 Å². The van der Waals surface area contributed by atoms with Gasteiger partial charge in [-0.15, -0.1) is 0 Å². The van der Waals surface area contributed by atoms with Gasteiger partial charge in [0.05, 0.1) is 31.0 Å². The summed E-state index contributed by atoms with van der Waals surface area (Å²) in [5.74, 6) is 0. The molecule has 0 amide bonds. The van der Waals surface area contributed by atoms with E-state index in [1.165, 1.54) is 0 Å². The SMILES string of the molecule is CC(C)NC1(C#N)CCC(OCCOC(C)(C)C)C1. The van der Waals surface area contributed by atoms with Crippen LogP contribution in [0.15, 0.2) is 0 Å². The molecule has 0 aromatic heterocycles. The molecule has 0 aliphatic heterocycles. The molecule has 1 rings (SSSR count). The third kappa shape index (κ3) is 5.90. The van der Waals surface area contributed by atoms with E-state index in [2.05, 4.69) is 25.2 Å². The fourth-order valence-corrected chi connectivity index (χ4v) is 2.52. The van der Waals surface area contributed by atoms with Crippen LogP contribution in [0.25, 0.3) is 0 Å². The van der Waals surface area contributed by atoms with Crippen molar-refractivity contribution in [3.8, 4) is 6.07 Å². The maximum Gasteiger partial charge on any atom is 0.109 e. The van der Waals surface area contributed by atoms with Crippen molar-refractivity contribution < 1.29 is 9.47 Å². The Bertz CT molecular complexity index is 317. The molecule has 1 N–H and O–H groups in total. The van der Waals surface area contributed by atoms with E-state index in [1.807, 2.05) is 20.8 Å². The van der Waals surface area contributed by atoms with Crippen molar-refractivity contribution in [2.45, 2.75) is 77.2 Å². The van der Waals surface area contributed by atoms with Crippen LogP contribution in [0.4, 0.5) is 0 Å². The highest BCUT2D eigenvalue weighted by Crippen LogP contribution is 2.31. The molecule has 1 fully saturated rings. The molecule has 0 spiro atoms. The van der Waals surface area contributed by atoms with Crippen molar-refractivity contribution in [3.63, 3.8) is 0 Å². The third-order valence-electron chi connectivity index (χ3n) is 3.22. The van der Waals surface area contributed by atoms with Gasteiger partial charge < -0.3 is 9.47 Å². The average molecular weight is 268 g/mol. The quantitative estimate of drug-likeness (QED) is 0.752. The summed E-state index contributed by atoms with van der Waals surface area (Å²) < 4.78 is 11.4. The lowest BCUT2D eigenvalue weighted by atomic mass is 9.98. The lowest BCUT2D eigenvalue weighted by Crippen LogP contribution is -2.46. The predicted molar refractivity (Wildman–Crippen MR) is 75.9 cm³/mol. The Morgan fingerprint density at radius 2 is 2.05 bits per heavy atom. The second-order valence-corrected chi connectivity index (χ2v) is 6.69. The Labute approximate surface area is 117 Å². The van der Waals surface area contributed by atoms with E-state index in [9.17, 15) is 5.26 Å². The van der Waals surface area contributed by atoms with E-state index in [4.69, 9.17) is 9.47 Å². The molecular formula is C15H28N2O2. The molecule has 4 heteroatoms. The van der Waals surface area contributed by atoms with Gasteiger partial charge in [-0.2, -0.15) is 5.26 Å². The Morgan fingerprint density at radius 3 is 2.58 bits per heavy atom. The molecule has 0 heterocycles. The summed E-state index contributed by atoms with van der Waals surface area (Å²) in [5, 5.41) is 12.7. The van der Waals surface area contributed by atoms with Crippen molar-refractivity contribution in [1.82, 2.24) is 5.32 Å². The summed E-state index contributed by atoms with van der Waals surface area (Å²) in [6.07, 6.45) is 2.77. The summed E-state index contributed by atoms with van der Waals surface area (Å²) in [5.41, 5.74) is -0.516. The molecule has 2 unspecified atom stereocenters. The second kappa shape index (κ2) is 6.69. The van der Waals surface area contributed by atoms with Gasteiger partial charge >= 0.3 is 0 Å². The molecule has 2 atom stereocenters. The van der Waals surface area contributed by atoms with Gasteiger partial charge in [-0.05, 0) is 47.5 Å². The minimum Gasteiger partial charge on any atom is -0.376 e. The van der Waals surface area contributed by atoms with Crippen molar-refractivity contribution >= 4 is 0 Å². The molecular weight excluding hydrogens is 240 g/mol. The lowest BCUT2D eigenvalue weighted by Gasteiger charge is -2.25. The second-order valence-electron chi connectivity index (χ2n) is 6.69. The van der Waals surface area contributed by atoms with Gasteiger partial charge in [-0.1, -0.05) is 0 Å². The van der Waals surface area contributed by atoms with E-state index < -0.39 is 5.54 Å². The zero-order valence-corrected chi connectivity index (χ0v) is 13.0. The van der Waals surface area contributed by atoms with Crippen LogP contribution < -0.4 is 5.32 Å². The molecule has 1 aliphatic carbocycles. The van der Waals surface area contributed by atoms with E-state index >= 15 is 0 Å². The molecule has 0 bridgehead atoms. The fourth-order valence-electron chi connectivity index (χ4n) is 2.52. The van der Waals surface area contributed by atoms with Crippen molar-refractivity contribution in [2.24, 2.45) is 0 Å². The maximum atomic E-state index is 9.37. The van der Waals surface area contributed by atoms with Crippen LogP contribution in [-0.2, 0) is 9.47 Å². The van der Waals surface area contributed by atoms with Crippen LogP contribution >= 0.6 is 0 Å². The highest BCUT2D eigenvalue weighted by molar-refractivity contribution is 5.12. The zero-order valence-electron chi connectivity index (χ0n) is 13.0. The number of ether oxygens (including phenoxy) is 2. The molecule has 1 aliphatic rings. The van der Waals surface area contributed by atoms with Gasteiger partial charge in [0.15, 0.2) is 0 Å². The smallest absolute Gasteiger partial charge is 0.109 e. The minimum atomic E-state index is -0.399. The minimum absolute atomic E-state index is 0.116. The first-order chi connectivity index (χ1) is 8.76. The summed E-state index contributed by atoms with van der Waals surface area (Å²) in [6, 6.07) is 2.75. The van der Waals surface area contributed by atoms with Gasteiger partial charge in [0.25, 0.3) is 0 Å². The predicted octanol–water partition coefficient (Wildman–Crippen LogP) is 2.63. The van der Waals surface area contributed by atoms with E-state index in [0.717, 1.165) is 19.3 Å². The largest absolute Gasteiger partial charge is 0.376 e. The Hall–Kier alpha value is -0.630. The van der Waals surface area contributed by atoms with E-state index in [1.54, 1.807) is 0 Å². The summed E-state index contributed by atoms with van der Waals surface area (Å²) in [7, 11) is 0. The van der Waals surface area contributed by atoms with Gasteiger partial charge in [0, 0.05) is 12.5 Å². The molecule has 19 heavy (non-hydrogen) atoms. The fraction of sp³-hybridized carbons (Fsp3) is 0.933. The highest BCUT2D eigenvalue weighted by atomic mass is 16.5. The average Bonchev–Trinajstić information content (AvgIpc) is 2.67. The summed E-state index contributed by atoms with van der Waals surface area (Å²) in [4.78, 5) is 0. The van der Waals surface area contributed by atoms with Crippen LogP contribution in [0.2, 0.25) is 0 Å². The Kier molecular flexibility index (Phi) is 5.79. The van der Waals surface area contributed by atoms with Crippen LogP contribution in [0.3, 0.4) is 0 Å². The van der Waals surface area contributed by atoms with Crippen LogP contribution in [0, 0.1) is 11.3 Å². The number of hydrogen-bond acceptors (Lipinski definition) is 4. The van der Waals surface area contributed by atoms with Gasteiger partial charge in [-0.3, -0.25) is 5.32 Å². The first-order valence-corrected chi connectivity index (χ1v) is 7.21. The van der Waals surface area contributed by atoms with Crippen LogP contribution in [0.5, 0.6) is 0 Å². The maximum absolute atomic E-state index is 9.37. The van der Waals surface area contributed by atoms with Crippen molar-refractivity contribution in [1.29, 1.82) is 5.26 Å². The van der Waals surface area contributed by atoms with Crippen LogP contribution in [-0.4, -0.2) is 36.5 Å². The third-order valence-corrected chi connectivity index (χ3v) is 3.22. The van der Waals surface area contributed by atoms with Gasteiger partial charge in [-0.25, -0.2) is 0 Å². The van der Waals surface area contributed by atoms with Gasteiger partial charge in [0.1, 0.15) is 5.54 Å². The molecule has 0 aromatic carbocycles. The standard InChI is InChI=1S/C15H28N2O2/c1-12(2)17-15(11-16)7-6-13(10-15)18-8-9-19-14(3,4)5/h12-13,17H,6-10H2,1-5H3. The zero-order chi connectivity index (χ0) is 14.5. The van der Waals surface area contributed by atoms with Crippen molar-refractivity contribution in [2.75, 3.05) is 13.2 Å². The molecule has 0 saturated heterocycles. The van der Waals surface area contributed by atoms with Crippen LogP contribution in [0.1, 0.15) is 53.9 Å². The topological polar surface area (TPSA) is 54.3 Å². The monoisotopic (exact) mass is 268 g/mol. The van der Waals surface area contributed by atoms with E-state index in [0.29, 0.717) is 19.3 Å². The first-order valence-electron chi connectivity index (χ1n) is 7.21. The normalized spacial score (nSPS) is 27.7. The molecule has 0 aromatic rings. The molecule has 110 valence electrons. The summed E-state index contributed by atoms with van der Waals surface area (Å²) >= 11 is 0. The molecule has 0 radical (unpaired) electrons. The lowest BCUT2D eigenvalue weighted by molar-refractivity contribution is -0.0509. The van der Waals surface area contributed by atoms with Crippen molar-refractivity contribution in [3.05, 3.63) is 0 Å². The number of nitriles is 1. The molecule has 4 nitrogen and oxygen atoms in total. The molecule has 1 saturated carbocycles. The number of nitrogens with zero attached hydrogens (tertiary/aromatic N) is 1. The van der Waals surface area contributed by atoms with Gasteiger partial charge in [0.2, 0.25) is 0 Å². The number of hydrogen-bond donors (Lipinski definition) is 1. The number of nitrogens with one attached hydrogen (secondary N) is 1. The highest BCUT2D eigenvalue weighted by Gasteiger charge is 2.40.